The molecule has 19 heavy (non-hydrogen) atoms. The summed E-state index contributed by atoms with van der Waals surface area (Å²) < 4.78 is 11.3. The van der Waals surface area contributed by atoms with Crippen molar-refractivity contribution < 1.29 is 9.47 Å². The summed E-state index contributed by atoms with van der Waals surface area (Å²) in [4.78, 5) is 0. The minimum Gasteiger partial charge on any atom is -0.496 e. The molecule has 1 aromatic carbocycles. The molecule has 0 aromatic heterocycles. The maximum atomic E-state index is 5.81. The Bertz CT molecular complexity index is 436. The third-order valence-electron chi connectivity index (χ3n) is 3.36. The van der Waals surface area contributed by atoms with Gasteiger partial charge >= 0.3 is 0 Å². The van der Waals surface area contributed by atoms with Gasteiger partial charge in [0.15, 0.2) is 0 Å². The van der Waals surface area contributed by atoms with Gasteiger partial charge in [0, 0.05) is 35.9 Å². The molecule has 1 heterocycles. The van der Waals surface area contributed by atoms with Gasteiger partial charge in [-0.3, -0.25) is 0 Å². The molecule has 1 aliphatic heterocycles. The highest BCUT2D eigenvalue weighted by Crippen LogP contribution is 2.34. The summed E-state index contributed by atoms with van der Waals surface area (Å²) in [6, 6.07) is 4.73. The smallest absolute Gasteiger partial charge is 0.123 e. The van der Waals surface area contributed by atoms with Gasteiger partial charge in [0.25, 0.3) is 0 Å². The van der Waals surface area contributed by atoms with Crippen molar-refractivity contribution in [3.8, 4) is 11.5 Å². The molecule has 0 radical (unpaired) electrons. The van der Waals surface area contributed by atoms with E-state index >= 15 is 0 Å². The number of nitrogens with one attached hydrogen (secondary N) is 1. The van der Waals surface area contributed by atoms with E-state index in [9.17, 15) is 0 Å². The topological polar surface area (TPSA) is 30.5 Å². The van der Waals surface area contributed by atoms with Crippen molar-refractivity contribution >= 4 is 11.8 Å². The van der Waals surface area contributed by atoms with Crippen LogP contribution >= 0.6 is 11.8 Å². The lowest BCUT2D eigenvalue weighted by Gasteiger charge is -2.15. The second-order valence-corrected chi connectivity index (χ2v) is 6.05. The predicted octanol–water partition coefficient (Wildman–Crippen LogP) is 2.86. The Morgan fingerprint density at radius 1 is 1.53 bits per heavy atom. The molecule has 0 bridgehead atoms. The first kappa shape index (κ1) is 14.5. The maximum Gasteiger partial charge on any atom is 0.123 e. The maximum absolute atomic E-state index is 5.81. The summed E-state index contributed by atoms with van der Waals surface area (Å²) in [6.45, 7) is 5.12. The third kappa shape index (κ3) is 3.57. The van der Waals surface area contributed by atoms with Gasteiger partial charge in [-0.1, -0.05) is 0 Å². The van der Waals surface area contributed by atoms with Crippen LogP contribution in [0.4, 0.5) is 0 Å². The molecule has 1 aromatic rings. The lowest BCUT2D eigenvalue weighted by molar-refractivity contribution is 0.254. The fraction of sp³-hybridized carbons (Fsp3) is 0.600. The number of hydrogen-bond acceptors (Lipinski definition) is 4. The number of methoxy groups -OCH3 is 1. The summed E-state index contributed by atoms with van der Waals surface area (Å²) >= 11 is 1.86. The van der Waals surface area contributed by atoms with Gasteiger partial charge in [0.1, 0.15) is 17.6 Å². The molecule has 1 N–H and O–H groups in total. The van der Waals surface area contributed by atoms with Crippen LogP contribution in [0.2, 0.25) is 0 Å². The molecule has 0 saturated heterocycles. The normalized spacial score (nSPS) is 18.8. The zero-order valence-electron chi connectivity index (χ0n) is 12.2. The third-order valence-corrected chi connectivity index (χ3v) is 4.19. The molecule has 0 amide bonds. The fourth-order valence-electron chi connectivity index (χ4n) is 2.40. The van der Waals surface area contributed by atoms with Gasteiger partial charge in [-0.2, -0.15) is 11.8 Å². The van der Waals surface area contributed by atoms with E-state index in [2.05, 4.69) is 37.6 Å². The van der Waals surface area contributed by atoms with Crippen LogP contribution < -0.4 is 14.8 Å². The fourth-order valence-corrected chi connectivity index (χ4v) is 3.02. The van der Waals surface area contributed by atoms with E-state index in [1.165, 1.54) is 11.1 Å². The quantitative estimate of drug-likeness (QED) is 0.868. The molecule has 1 aliphatic rings. The van der Waals surface area contributed by atoms with E-state index in [1.54, 1.807) is 7.11 Å². The highest BCUT2D eigenvalue weighted by molar-refractivity contribution is 7.98. The van der Waals surface area contributed by atoms with Crippen LogP contribution in [0.15, 0.2) is 12.1 Å². The van der Waals surface area contributed by atoms with E-state index in [1.807, 2.05) is 11.8 Å². The van der Waals surface area contributed by atoms with E-state index in [4.69, 9.17) is 9.47 Å². The Morgan fingerprint density at radius 3 is 3.00 bits per heavy atom. The van der Waals surface area contributed by atoms with Crippen LogP contribution in [0.25, 0.3) is 0 Å². The first-order valence-corrected chi connectivity index (χ1v) is 8.12. The monoisotopic (exact) mass is 281 g/mol. The molecule has 0 fully saturated rings. The number of ether oxygens (including phenoxy) is 2. The number of thioether (sulfide) groups is 1. The van der Waals surface area contributed by atoms with Crippen LogP contribution in [0, 0.1) is 0 Å². The highest BCUT2D eigenvalue weighted by atomic mass is 32.2. The number of benzene rings is 1. The Kier molecular flexibility index (Phi) is 4.99. The molecule has 2 atom stereocenters. The standard InChI is InChI=1S/C15H23NO2S/c1-10(9-19-4)16-8-13-7-15-12(5-11(2)18-15)6-14(13)17-3/h6-7,10-11,16H,5,8-9H2,1-4H3. The average molecular weight is 281 g/mol. The number of rotatable bonds is 6. The van der Waals surface area contributed by atoms with Crippen LogP contribution in [0.1, 0.15) is 25.0 Å². The summed E-state index contributed by atoms with van der Waals surface area (Å²) in [5.74, 6) is 3.09. The summed E-state index contributed by atoms with van der Waals surface area (Å²) in [5, 5.41) is 3.52. The first-order valence-electron chi connectivity index (χ1n) is 6.72. The molecule has 0 saturated carbocycles. The molecule has 0 spiro atoms. The second kappa shape index (κ2) is 6.53. The zero-order chi connectivity index (χ0) is 13.8. The molecule has 0 aliphatic carbocycles. The molecule has 2 unspecified atom stereocenters. The SMILES string of the molecule is COc1cc2c(cc1CNC(C)CSC)OC(C)C2. The van der Waals surface area contributed by atoms with Crippen molar-refractivity contribution in [2.75, 3.05) is 19.1 Å². The van der Waals surface area contributed by atoms with Crippen molar-refractivity contribution in [2.45, 2.75) is 39.0 Å². The van der Waals surface area contributed by atoms with Crippen LogP contribution in [-0.4, -0.2) is 31.3 Å². The van der Waals surface area contributed by atoms with Gasteiger partial charge < -0.3 is 14.8 Å². The summed E-state index contributed by atoms with van der Waals surface area (Å²) in [7, 11) is 1.73. The van der Waals surface area contributed by atoms with E-state index in [-0.39, 0.29) is 6.10 Å². The molecule has 3 nitrogen and oxygen atoms in total. The van der Waals surface area contributed by atoms with Gasteiger partial charge in [-0.25, -0.2) is 0 Å². The van der Waals surface area contributed by atoms with E-state index in [0.717, 1.165) is 30.2 Å². The van der Waals surface area contributed by atoms with Gasteiger partial charge in [-0.05, 0) is 32.2 Å². The molecular formula is C15H23NO2S. The highest BCUT2D eigenvalue weighted by Gasteiger charge is 2.21. The van der Waals surface area contributed by atoms with Crippen LogP contribution in [0.3, 0.4) is 0 Å². The number of hydrogen-bond donors (Lipinski definition) is 1. The first-order chi connectivity index (χ1) is 9.13. The van der Waals surface area contributed by atoms with Crippen molar-refractivity contribution in [3.63, 3.8) is 0 Å². The molecule has 4 heteroatoms. The number of fused-ring (bicyclic) bond motifs is 1. The molecular weight excluding hydrogens is 258 g/mol. The largest absolute Gasteiger partial charge is 0.496 e. The minimum atomic E-state index is 0.276. The van der Waals surface area contributed by atoms with Crippen molar-refractivity contribution in [3.05, 3.63) is 23.3 Å². The Morgan fingerprint density at radius 2 is 2.32 bits per heavy atom. The van der Waals surface area contributed by atoms with Gasteiger partial charge in [0.05, 0.1) is 7.11 Å². The van der Waals surface area contributed by atoms with E-state index in [0.29, 0.717) is 6.04 Å². The lowest BCUT2D eigenvalue weighted by atomic mass is 10.1. The van der Waals surface area contributed by atoms with Crippen LogP contribution in [0.5, 0.6) is 11.5 Å². The van der Waals surface area contributed by atoms with Crippen molar-refractivity contribution in [1.82, 2.24) is 5.32 Å². The van der Waals surface area contributed by atoms with Gasteiger partial charge in [0.2, 0.25) is 0 Å². The zero-order valence-corrected chi connectivity index (χ0v) is 13.0. The Hall–Kier alpha value is -0.870. The second-order valence-electron chi connectivity index (χ2n) is 5.14. The Balaban J connectivity index is 2.09. The van der Waals surface area contributed by atoms with Gasteiger partial charge in [-0.15, -0.1) is 0 Å². The summed E-state index contributed by atoms with van der Waals surface area (Å²) in [5.41, 5.74) is 2.42. The van der Waals surface area contributed by atoms with Crippen molar-refractivity contribution in [1.29, 1.82) is 0 Å². The predicted molar refractivity (Wildman–Crippen MR) is 81.5 cm³/mol. The average Bonchev–Trinajstić information content (AvgIpc) is 2.74. The Labute approximate surface area is 120 Å². The lowest BCUT2D eigenvalue weighted by Crippen LogP contribution is -2.27. The van der Waals surface area contributed by atoms with E-state index < -0.39 is 0 Å². The van der Waals surface area contributed by atoms with Crippen LogP contribution in [-0.2, 0) is 13.0 Å². The summed E-state index contributed by atoms with van der Waals surface area (Å²) in [6.07, 6.45) is 3.38. The molecule has 2 rings (SSSR count). The van der Waals surface area contributed by atoms with Crippen molar-refractivity contribution in [2.24, 2.45) is 0 Å². The molecule has 106 valence electrons. The minimum absolute atomic E-state index is 0.276.